The minimum Gasteiger partial charge on any atom is -0.497 e. The second-order valence-corrected chi connectivity index (χ2v) is 6.60. The molecule has 0 atom stereocenters. The number of urea groups is 1. The average Bonchev–Trinajstić information content (AvgIpc) is 3.17. The van der Waals surface area contributed by atoms with Crippen molar-refractivity contribution in [3.8, 4) is 22.8 Å². The Bertz CT molecular complexity index is 914. The summed E-state index contributed by atoms with van der Waals surface area (Å²) in [6.45, 7) is 0.389. The van der Waals surface area contributed by atoms with E-state index in [1.54, 1.807) is 44.6 Å². The van der Waals surface area contributed by atoms with Crippen molar-refractivity contribution in [3.63, 3.8) is 0 Å². The Hall–Kier alpha value is -3.13. The number of anilines is 1. The first-order valence-corrected chi connectivity index (χ1v) is 9.07. The molecule has 1 N–H and O–H groups in total. The van der Waals surface area contributed by atoms with E-state index in [0.717, 1.165) is 16.8 Å². The Morgan fingerprint density at radius 2 is 2.11 bits per heavy atom. The molecule has 27 heavy (non-hydrogen) atoms. The summed E-state index contributed by atoms with van der Waals surface area (Å²) in [5.41, 5.74) is 2.57. The third-order valence-electron chi connectivity index (χ3n) is 3.92. The molecule has 1 aromatic carbocycles. The molecule has 7 nitrogen and oxygen atoms in total. The lowest BCUT2D eigenvalue weighted by molar-refractivity contribution is 0.220. The zero-order valence-corrected chi connectivity index (χ0v) is 16.1. The molecule has 2 amide bonds. The van der Waals surface area contributed by atoms with Crippen LogP contribution in [0.15, 0.2) is 48.1 Å². The number of aromatic nitrogens is 2. The van der Waals surface area contributed by atoms with E-state index in [1.165, 1.54) is 11.3 Å². The number of rotatable bonds is 6. The molecule has 0 aliphatic rings. The van der Waals surface area contributed by atoms with Crippen LogP contribution in [0.25, 0.3) is 11.3 Å². The van der Waals surface area contributed by atoms with Gasteiger partial charge in [-0.3, -0.25) is 10.3 Å². The molecule has 8 heteroatoms. The van der Waals surface area contributed by atoms with E-state index >= 15 is 0 Å². The highest BCUT2D eigenvalue weighted by molar-refractivity contribution is 7.14. The maximum absolute atomic E-state index is 12.5. The minimum atomic E-state index is -0.250. The third-order valence-corrected chi connectivity index (χ3v) is 4.68. The molecule has 0 unspecified atom stereocenters. The largest absolute Gasteiger partial charge is 0.497 e. The summed E-state index contributed by atoms with van der Waals surface area (Å²) in [5.74, 6) is 1.37. The van der Waals surface area contributed by atoms with Crippen molar-refractivity contribution in [1.29, 1.82) is 0 Å². The van der Waals surface area contributed by atoms with Crippen molar-refractivity contribution < 1.29 is 14.3 Å². The highest BCUT2D eigenvalue weighted by Crippen LogP contribution is 2.27. The van der Waals surface area contributed by atoms with Crippen molar-refractivity contribution in [3.05, 3.63) is 53.7 Å². The molecule has 2 heterocycles. The summed E-state index contributed by atoms with van der Waals surface area (Å²) in [6.07, 6.45) is 3.45. The van der Waals surface area contributed by atoms with Crippen LogP contribution in [0, 0.1) is 0 Å². The van der Waals surface area contributed by atoms with Crippen molar-refractivity contribution in [2.75, 3.05) is 26.6 Å². The number of nitrogens with zero attached hydrogens (tertiary/aromatic N) is 3. The van der Waals surface area contributed by atoms with Crippen LogP contribution in [0.5, 0.6) is 11.5 Å². The van der Waals surface area contributed by atoms with Crippen LogP contribution < -0.4 is 14.8 Å². The third kappa shape index (κ3) is 4.53. The van der Waals surface area contributed by atoms with E-state index in [2.05, 4.69) is 15.3 Å². The zero-order chi connectivity index (χ0) is 19.2. The van der Waals surface area contributed by atoms with E-state index in [4.69, 9.17) is 9.47 Å². The van der Waals surface area contributed by atoms with Gasteiger partial charge < -0.3 is 14.4 Å². The van der Waals surface area contributed by atoms with E-state index in [1.807, 2.05) is 29.6 Å². The SMILES string of the molecule is COc1ccc(CN(C)C(=O)Nc2nc(-c3cccnc3)cs2)c(OC)c1. The summed E-state index contributed by atoms with van der Waals surface area (Å²) in [7, 11) is 4.91. The van der Waals surface area contributed by atoms with Crippen LogP contribution in [0.3, 0.4) is 0 Å². The first-order valence-electron chi connectivity index (χ1n) is 8.19. The number of carbonyl (C=O) groups excluding carboxylic acids is 1. The maximum atomic E-state index is 12.5. The highest BCUT2D eigenvalue weighted by Gasteiger charge is 2.15. The van der Waals surface area contributed by atoms with Crippen molar-refractivity contribution in [2.45, 2.75) is 6.54 Å². The van der Waals surface area contributed by atoms with Gasteiger partial charge in [0.25, 0.3) is 0 Å². The quantitative estimate of drug-likeness (QED) is 0.698. The Kier molecular flexibility index (Phi) is 5.87. The number of amides is 2. The summed E-state index contributed by atoms with van der Waals surface area (Å²) in [4.78, 5) is 22.6. The number of hydrogen-bond donors (Lipinski definition) is 1. The molecule has 0 fully saturated rings. The van der Waals surface area contributed by atoms with Crippen molar-refractivity contribution >= 4 is 22.5 Å². The summed E-state index contributed by atoms with van der Waals surface area (Å²) in [6, 6.07) is 9.04. The van der Waals surface area contributed by atoms with Crippen LogP contribution >= 0.6 is 11.3 Å². The maximum Gasteiger partial charge on any atom is 0.323 e. The number of pyridine rings is 1. The van der Waals surface area contributed by atoms with Gasteiger partial charge >= 0.3 is 6.03 Å². The molecular formula is C19H20N4O3S. The fourth-order valence-corrected chi connectivity index (χ4v) is 3.18. The number of methoxy groups -OCH3 is 2. The monoisotopic (exact) mass is 384 g/mol. The Balaban J connectivity index is 1.65. The molecule has 0 saturated carbocycles. The number of nitrogens with one attached hydrogen (secondary N) is 1. The second kappa shape index (κ2) is 8.50. The Morgan fingerprint density at radius 3 is 2.81 bits per heavy atom. The van der Waals surface area contributed by atoms with Crippen LogP contribution in [-0.2, 0) is 6.54 Å². The van der Waals surface area contributed by atoms with Gasteiger partial charge in [-0.1, -0.05) is 0 Å². The van der Waals surface area contributed by atoms with Gasteiger partial charge in [-0.15, -0.1) is 11.3 Å². The van der Waals surface area contributed by atoms with Gasteiger partial charge in [0.05, 0.1) is 26.5 Å². The first-order chi connectivity index (χ1) is 13.1. The van der Waals surface area contributed by atoms with Crippen LogP contribution in [0.1, 0.15) is 5.56 Å². The lowest BCUT2D eigenvalue weighted by atomic mass is 10.2. The second-order valence-electron chi connectivity index (χ2n) is 5.74. The normalized spacial score (nSPS) is 10.3. The van der Waals surface area contributed by atoms with E-state index in [-0.39, 0.29) is 6.03 Å². The predicted octanol–water partition coefficient (Wildman–Crippen LogP) is 3.89. The molecule has 0 aliphatic carbocycles. The van der Waals surface area contributed by atoms with Gasteiger partial charge in [-0.2, -0.15) is 0 Å². The first kappa shape index (κ1) is 18.7. The van der Waals surface area contributed by atoms with Gasteiger partial charge in [0, 0.05) is 42.0 Å². The smallest absolute Gasteiger partial charge is 0.323 e. The number of carbonyl (C=O) groups is 1. The van der Waals surface area contributed by atoms with Crippen LogP contribution in [0.4, 0.5) is 9.93 Å². The van der Waals surface area contributed by atoms with Gasteiger partial charge in [0.2, 0.25) is 0 Å². The van der Waals surface area contributed by atoms with Gasteiger partial charge in [0.1, 0.15) is 11.5 Å². The molecule has 0 bridgehead atoms. The minimum absolute atomic E-state index is 0.250. The predicted molar refractivity (Wildman–Crippen MR) is 105 cm³/mol. The highest BCUT2D eigenvalue weighted by atomic mass is 32.1. The van der Waals surface area contributed by atoms with Crippen LogP contribution in [-0.4, -0.2) is 42.2 Å². The number of benzene rings is 1. The molecule has 2 aromatic heterocycles. The lowest BCUT2D eigenvalue weighted by Gasteiger charge is -2.19. The Morgan fingerprint density at radius 1 is 1.26 bits per heavy atom. The molecule has 0 saturated heterocycles. The fourth-order valence-electron chi connectivity index (χ4n) is 2.47. The van der Waals surface area contributed by atoms with E-state index in [0.29, 0.717) is 23.2 Å². The standard InChI is InChI=1S/C19H20N4O3S/c1-23(11-14-6-7-15(25-2)9-17(14)26-3)19(24)22-18-21-16(12-27-18)13-5-4-8-20-10-13/h4-10,12H,11H2,1-3H3,(H,21,22,24). The zero-order valence-electron chi connectivity index (χ0n) is 15.3. The lowest BCUT2D eigenvalue weighted by Crippen LogP contribution is -2.30. The fraction of sp³-hybridized carbons (Fsp3) is 0.211. The van der Waals surface area contributed by atoms with Crippen molar-refractivity contribution in [1.82, 2.24) is 14.9 Å². The summed E-state index contributed by atoms with van der Waals surface area (Å²) < 4.78 is 10.6. The molecular weight excluding hydrogens is 364 g/mol. The number of thiazole rings is 1. The van der Waals surface area contributed by atoms with Gasteiger partial charge in [-0.05, 0) is 24.3 Å². The van der Waals surface area contributed by atoms with Crippen molar-refractivity contribution in [2.24, 2.45) is 0 Å². The topological polar surface area (TPSA) is 76.6 Å². The van der Waals surface area contributed by atoms with Crippen LogP contribution in [0.2, 0.25) is 0 Å². The molecule has 3 rings (SSSR count). The number of ether oxygens (including phenoxy) is 2. The van der Waals surface area contributed by atoms with E-state index < -0.39 is 0 Å². The van der Waals surface area contributed by atoms with E-state index in [9.17, 15) is 4.79 Å². The number of hydrogen-bond acceptors (Lipinski definition) is 6. The van der Waals surface area contributed by atoms with Gasteiger partial charge in [-0.25, -0.2) is 9.78 Å². The summed E-state index contributed by atoms with van der Waals surface area (Å²) in [5, 5.41) is 5.24. The molecule has 0 radical (unpaired) electrons. The molecule has 0 aliphatic heterocycles. The van der Waals surface area contributed by atoms with Gasteiger partial charge in [0.15, 0.2) is 5.13 Å². The average molecular weight is 384 g/mol. The Labute approximate surface area is 161 Å². The molecule has 3 aromatic rings. The molecule has 0 spiro atoms. The molecule has 140 valence electrons. The summed E-state index contributed by atoms with van der Waals surface area (Å²) >= 11 is 1.37.